The van der Waals surface area contributed by atoms with Crippen LogP contribution in [0.4, 0.5) is 8.78 Å². The van der Waals surface area contributed by atoms with Gasteiger partial charge in [-0.1, -0.05) is 35.3 Å². The molecule has 5 heteroatoms. The number of benzene rings is 2. The monoisotopic (exact) mass is 329 g/mol. The molecule has 0 aliphatic heterocycles. The largest absolute Gasteiger partial charge is 0.310 e. The molecule has 0 aliphatic carbocycles. The van der Waals surface area contributed by atoms with Crippen molar-refractivity contribution in [1.82, 2.24) is 5.32 Å². The molecule has 112 valence electrons. The summed E-state index contributed by atoms with van der Waals surface area (Å²) in [6, 6.07) is 9.23. The highest BCUT2D eigenvalue weighted by Gasteiger charge is 2.09. The average Bonchev–Trinajstić information content (AvgIpc) is 2.44. The topological polar surface area (TPSA) is 12.0 Å². The Balaban J connectivity index is 1.92. The van der Waals surface area contributed by atoms with E-state index in [4.69, 9.17) is 23.2 Å². The lowest BCUT2D eigenvalue weighted by Gasteiger charge is -2.15. The molecule has 2 aromatic rings. The van der Waals surface area contributed by atoms with E-state index in [1.165, 1.54) is 6.07 Å². The Bertz CT molecular complexity index is 632. The fourth-order valence-corrected chi connectivity index (χ4v) is 2.55. The van der Waals surface area contributed by atoms with Crippen LogP contribution in [0.25, 0.3) is 0 Å². The van der Waals surface area contributed by atoms with Crippen LogP contribution in [-0.2, 0) is 6.42 Å². The lowest BCUT2D eigenvalue weighted by molar-refractivity contribution is 0.501. The van der Waals surface area contributed by atoms with E-state index in [1.54, 1.807) is 18.2 Å². The van der Waals surface area contributed by atoms with E-state index in [1.807, 2.05) is 13.0 Å². The third-order valence-corrected chi connectivity index (χ3v) is 3.89. The first-order chi connectivity index (χ1) is 9.97. The van der Waals surface area contributed by atoms with Crippen molar-refractivity contribution in [1.29, 1.82) is 0 Å². The van der Waals surface area contributed by atoms with Crippen LogP contribution in [0.2, 0.25) is 10.0 Å². The van der Waals surface area contributed by atoms with Crippen molar-refractivity contribution >= 4 is 23.2 Å². The van der Waals surface area contributed by atoms with Gasteiger partial charge in [-0.15, -0.1) is 0 Å². The molecular formula is C16H15Cl2F2N. The van der Waals surface area contributed by atoms with Crippen molar-refractivity contribution in [3.05, 3.63) is 69.2 Å². The number of hydrogen-bond acceptors (Lipinski definition) is 1. The SMILES string of the molecule is CC(NCCc1ccc(Cl)cc1Cl)c1ccc(F)c(F)c1. The van der Waals surface area contributed by atoms with Crippen molar-refractivity contribution in [2.75, 3.05) is 6.54 Å². The maximum absolute atomic E-state index is 13.2. The summed E-state index contributed by atoms with van der Waals surface area (Å²) >= 11 is 11.9. The molecule has 1 unspecified atom stereocenters. The number of nitrogens with one attached hydrogen (secondary N) is 1. The van der Waals surface area contributed by atoms with Gasteiger partial charge >= 0.3 is 0 Å². The first-order valence-electron chi connectivity index (χ1n) is 6.59. The molecule has 0 spiro atoms. The predicted octanol–water partition coefficient (Wildman–Crippen LogP) is 5.16. The Kier molecular flexibility index (Phi) is 5.57. The van der Waals surface area contributed by atoms with Crippen LogP contribution in [-0.4, -0.2) is 6.54 Å². The van der Waals surface area contributed by atoms with Crippen molar-refractivity contribution in [3.8, 4) is 0 Å². The molecule has 0 radical (unpaired) electrons. The quantitative estimate of drug-likeness (QED) is 0.798. The second kappa shape index (κ2) is 7.21. The zero-order valence-corrected chi connectivity index (χ0v) is 13.0. The lowest BCUT2D eigenvalue weighted by Crippen LogP contribution is -2.21. The highest BCUT2D eigenvalue weighted by Crippen LogP contribution is 2.21. The summed E-state index contributed by atoms with van der Waals surface area (Å²) in [5.41, 5.74) is 1.70. The van der Waals surface area contributed by atoms with Gasteiger partial charge in [-0.05, 0) is 55.3 Å². The summed E-state index contributed by atoms with van der Waals surface area (Å²) in [7, 11) is 0. The fourth-order valence-electron chi connectivity index (χ4n) is 2.05. The molecule has 1 N–H and O–H groups in total. The first-order valence-corrected chi connectivity index (χ1v) is 7.35. The number of halogens is 4. The van der Waals surface area contributed by atoms with E-state index in [0.29, 0.717) is 22.2 Å². The molecule has 0 saturated carbocycles. The van der Waals surface area contributed by atoms with Gasteiger partial charge in [-0.3, -0.25) is 0 Å². The highest BCUT2D eigenvalue weighted by molar-refractivity contribution is 6.35. The van der Waals surface area contributed by atoms with Gasteiger partial charge in [0.2, 0.25) is 0 Å². The van der Waals surface area contributed by atoms with Gasteiger partial charge in [-0.25, -0.2) is 8.78 Å². The molecule has 21 heavy (non-hydrogen) atoms. The normalized spacial score (nSPS) is 12.4. The Labute approximate surface area is 132 Å². The molecular weight excluding hydrogens is 315 g/mol. The molecule has 0 heterocycles. The van der Waals surface area contributed by atoms with Crippen LogP contribution in [0, 0.1) is 11.6 Å². The Hall–Kier alpha value is -1.16. The molecule has 0 aliphatic rings. The summed E-state index contributed by atoms with van der Waals surface area (Å²) in [6.07, 6.45) is 0.726. The third kappa shape index (κ3) is 4.40. The lowest BCUT2D eigenvalue weighted by atomic mass is 10.1. The van der Waals surface area contributed by atoms with Crippen LogP contribution >= 0.6 is 23.2 Å². The maximum Gasteiger partial charge on any atom is 0.159 e. The molecule has 0 bridgehead atoms. The number of rotatable bonds is 5. The minimum Gasteiger partial charge on any atom is -0.310 e. The zero-order valence-electron chi connectivity index (χ0n) is 11.5. The van der Waals surface area contributed by atoms with Gasteiger partial charge in [0, 0.05) is 16.1 Å². The Morgan fingerprint density at radius 1 is 1.05 bits per heavy atom. The maximum atomic E-state index is 13.2. The predicted molar refractivity (Wildman–Crippen MR) is 82.9 cm³/mol. The summed E-state index contributed by atoms with van der Waals surface area (Å²) < 4.78 is 26.1. The van der Waals surface area contributed by atoms with E-state index >= 15 is 0 Å². The molecule has 2 rings (SSSR count). The highest BCUT2D eigenvalue weighted by atomic mass is 35.5. The second-order valence-corrected chi connectivity index (χ2v) is 5.68. The second-order valence-electron chi connectivity index (χ2n) is 4.84. The van der Waals surface area contributed by atoms with Gasteiger partial charge in [0.1, 0.15) is 0 Å². The van der Waals surface area contributed by atoms with E-state index in [-0.39, 0.29) is 6.04 Å². The minimum absolute atomic E-state index is 0.0776. The van der Waals surface area contributed by atoms with Crippen molar-refractivity contribution in [2.45, 2.75) is 19.4 Å². The van der Waals surface area contributed by atoms with Crippen molar-refractivity contribution < 1.29 is 8.78 Å². The van der Waals surface area contributed by atoms with Gasteiger partial charge in [-0.2, -0.15) is 0 Å². The van der Waals surface area contributed by atoms with Crippen molar-refractivity contribution in [3.63, 3.8) is 0 Å². The van der Waals surface area contributed by atoms with E-state index in [0.717, 1.165) is 18.1 Å². The standard InChI is InChI=1S/C16H15Cl2F2N/c1-10(12-3-5-15(19)16(20)8-12)21-7-6-11-2-4-13(17)9-14(11)18/h2-5,8-10,21H,6-7H2,1H3. The van der Waals surface area contributed by atoms with Crippen LogP contribution < -0.4 is 5.32 Å². The van der Waals surface area contributed by atoms with Crippen molar-refractivity contribution in [2.24, 2.45) is 0 Å². The van der Waals surface area contributed by atoms with E-state index in [9.17, 15) is 8.78 Å². The van der Waals surface area contributed by atoms with Gasteiger partial charge in [0.15, 0.2) is 11.6 Å². The molecule has 1 atom stereocenters. The minimum atomic E-state index is -0.834. The fraction of sp³-hybridized carbons (Fsp3) is 0.250. The van der Waals surface area contributed by atoms with E-state index < -0.39 is 11.6 Å². The van der Waals surface area contributed by atoms with E-state index in [2.05, 4.69) is 5.32 Å². The smallest absolute Gasteiger partial charge is 0.159 e. The van der Waals surface area contributed by atoms with Gasteiger partial charge < -0.3 is 5.32 Å². The third-order valence-electron chi connectivity index (χ3n) is 3.30. The molecule has 0 amide bonds. The van der Waals surface area contributed by atoms with Crippen LogP contribution in [0.15, 0.2) is 36.4 Å². The van der Waals surface area contributed by atoms with Gasteiger partial charge in [0.25, 0.3) is 0 Å². The molecule has 1 nitrogen and oxygen atoms in total. The molecule has 2 aromatic carbocycles. The molecule has 0 aromatic heterocycles. The molecule has 0 saturated heterocycles. The summed E-state index contributed by atoms with van der Waals surface area (Å²) in [5, 5.41) is 4.49. The summed E-state index contributed by atoms with van der Waals surface area (Å²) in [6.45, 7) is 2.57. The number of hydrogen-bond donors (Lipinski definition) is 1. The van der Waals surface area contributed by atoms with Crippen LogP contribution in [0.1, 0.15) is 24.1 Å². The summed E-state index contributed by atoms with van der Waals surface area (Å²) in [4.78, 5) is 0. The zero-order chi connectivity index (χ0) is 15.4. The Morgan fingerprint density at radius 3 is 2.48 bits per heavy atom. The van der Waals surface area contributed by atoms with Gasteiger partial charge in [0.05, 0.1) is 0 Å². The first kappa shape index (κ1) is 16.2. The summed E-state index contributed by atoms with van der Waals surface area (Å²) in [5.74, 6) is -1.67. The molecule has 0 fully saturated rings. The van der Waals surface area contributed by atoms with Crippen LogP contribution in [0.5, 0.6) is 0 Å². The Morgan fingerprint density at radius 2 is 1.81 bits per heavy atom. The van der Waals surface area contributed by atoms with Crippen LogP contribution in [0.3, 0.4) is 0 Å². The average molecular weight is 330 g/mol.